The first-order valence-corrected chi connectivity index (χ1v) is 10.4. The Hall–Kier alpha value is -3.43. The molecule has 156 valence electrons. The Kier molecular flexibility index (Phi) is 5.88. The molecule has 1 saturated heterocycles. The Morgan fingerprint density at radius 2 is 2.03 bits per heavy atom. The standard InChI is InChI=1S/C24H19ClN2O4/c25-21-6-2-1-5-17(21)19-11-23(29)31-22-10-16(7-8-18(19)22)20(14-28)24(30)27-9-3-4-15(12-26)13-27/h1-2,5-8,10-11,14-15,20H,3-4,9,13H2/t15-,20+/m1/s1. The number of fused-ring (bicyclic) bond motifs is 1. The molecule has 0 aliphatic carbocycles. The third kappa shape index (κ3) is 4.10. The van der Waals surface area contributed by atoms with Crippen LogP contribution in [0.2, 0.25) is 5.02 Å². The molecule has 1 aromatic heterocycles. The highest BCUT2D eigenvalue weighted by Gasteiger charge is 2.30. The predicted molar refractivity (Wildman–Crippen MR) is 117 cm³/mol. The third-order valence-corrected chi connectivity index (χ3v) is 5.94. The molecule has 1 amide bonds. The highest BCUT2D eigenvalue weighted by atomic mass is 35.5. The molecular weight excluding hydrogens is 416 g/mol. The van der Waals surface area contributed by atoms with Crippen molar-refractivity contribution in [2.75, 3.05) is 13.1 Å². The van der Waals surface area contributed by atoms with Gasteiger partial charge in [-0.15, -0.1) is 0 Å². The average molecular weight is 435 g/mol. The van der Waals surface area contributed by atoms with Crippen molar-refractivity contribution >= 4 is 34.8 Å². The van der Waals surface area contributed by atoms with E-state index in [1.807, 2.05) is 12.1 Å². The van der Waals surface area contributed by atoms with E-state index in [0.717, 1.165) is 12.8 Å². The van der Waals surface area contributed by atoms with Crippen molar-refractivity contribution in [3.63, 3.8) is 0 Å². The largest absolute Gasteiger partial charge is 0.423 e. The Bertz CT molecular complexity index is 1260. The van der Waals surface area contributed by atoms with Crippen molar-refractivity contribution in [2.45, 2.75) is 18.8 Å². The Labute approximate surface area is 183 Å². The molecule has 3 aromatic rings. The monoisotopic (exact) mass is 434 g/mol. The SMILES string of the molecule is N#C[C@H]1CCCN(C(=O)[C@@H](C=O)c2ccc3c(-c4ccccc4Cl)cc(=O)oc3c2)C1. The van der Waals surface area contributed by atoms with E-state index in [4.69, 9.17) is 16.0 Å². The zero-order chi connectivity index (χ0) is 22.0. The van der Waals surface area contributed by atoms with Crippen molar-refractivity contribution in [2.24, 2.45) is 5.92 Å². The van der Waals surface area contributed by atoms with Crippen molar-refractivity contribution in [3.05, 3.63) is 69.5 Å². The number of halogens is 1. The Morgan fingerprint density at radius 1 is 1.23 bits per heavy atom. The van der Waals surface area contributed by atoms with Gasteiger partial charge in [-0.3, -0.25) is 4.79 Å². The highest BCUT2D eigenvalue weighted by Crippen LogP contribution is 2.33. The molecule has 1 aliphatic rings. The lowest BCUT2D eigenvalue weighted by molar-refractivity contribution is -0.136. The zero-order valence-electron chi connectivity index (χ0n) is 16.6. The van der Waals surface area contributed by atoms with Crippen LogP contribution in [0.5, 0.6) is 0 Å². The average Bonchev–Trinajstić information content (AvgIpc) is 2.79. The smallest absolute Gasteiger partial charge is 0.336 e. The fraction of sp³-hybridized carbons (Fsp3) is 0.250. The number of likely N-dealkylation sites (tertiary alicyclic amines) is 1. The topological polar surface area (TPSA) is 91.4 Å². The quantitative estimate of drug-likeness (QED) is 0.349. The van der Waals surface area contributed by atoms with E-state index < -0.39 is 11.5 Å². The number of amides is 1. The van der Waals surface area contributed by atoms with Gasteiger partial charge in [-0.1, -0.05) is 41.9 Å². The molecule has 31 heavy (non-hydrogen) atoms. The van der Waals surface area contributed by atoms with Gasteiger partial charge in [0.25, 0.3) is 0 Å². The molecule has 1 fully saturated rings. The van der Waals surface area contributed by atoms with E-state index in [2.05, 4.69) is 6.07 Å². The molecule has 0 radical (unpaired) electrons. The number of nitrogens with zero attached hydrogens (tertiary/aromatic N) is 2. The van der Waals surface area contributed by atoms with Crippen LogP contribution in [0.3, 0.4) is 0 Å². The summed E-state index contributed by atoms with van der Waals surface area (Å²) in [5, 5.41) is 10.3. The molecule has 0 N–H and O–H groups in total. The fourth-order valence-corrected chi connectivity index (χ4v) is 4.27. The molecule has 0 bridgehead atoms. The van der Waals surface area contributed by atoms with E-state index in [0.29, 0.717) is 46.5 Å². The summed E-state index contributed by atoms with van der Waals surface area (Å²) in [7, 11) is 0. The van der Waals surface area contributed by atoms with Crippen LogP contribution in [0, 0.1) is 17.2 Å². The predicted octanol–water partition coefficient (Wildman–Crippen LogP) is 4.16. The maximum Gasteiger partial charge on any atom is 0.336 e. The summed E-state index contributed by atoms with van der Waals surface area (Å²) in [4.78, 5) is 38.6. The second-order valence-electron chi connectivity index (χ2n) is 7.58. The molecule has 7 heteroatoms. The van der Waals surface area contributed by atoms with Crippen molar-refractivity contribution < 1.29 is 14.0 Å². The summed E-state index contributed by atoms with van der Waals surface area (Å²) in [6.45, 7) is 0.833. The molecule has 4 rings (SSSR count). The second kappa shape index (κ2) is 8.75. The lowest BCUT2D eigenvalue weighted by Gasteiger charge is -2.31. The van der Waals surface area contributed by atoms with Crippen LogP contribution < -0.4 is 5.63 Å². The first-order chi connectivity index (χ1) is 15.0. The number of aldehydes is 1. The molecule has 2 atom stereocenters. The van der Waals surface area contributed by atoms with Gasteiger partial charge in [-0.25, -0.2) is 4.79 Å². The van der Waals surface area contributed by atoms with E-state index in [-0.39, 0.29) is 17.4 Å². The molecule has 0 spiro atoms. The molecular formula is C24H19ClN2O4. The number of carbonyl (C=O) groups excluding carboxylic acids is 2. The van der Waals surface area contributed by atoms with E-state index in [1.54, 1.807) is 35.2 Å². The van der Waals surface area contributed by atoms with Crippen LogP contribution >= 0.6 is 11.6 Å². The summed E-state index contributed by atoms with van der Waals surface area (Å²) >= 11 is 6.31. The van der Waals surface area contributed by atoms with Crippen molar-refractivity contribution in [1.82, 2.24) is 4.90 Å². The normalized spacial score (nSPS) is 17.2. The van der Waals surface area contributed by atoms with Crippen molar-refractivity contribution in [1.29, 1.82) is 5.26 Å². The van der Waals surface area contributed by atoms with Gasteiger partial charge in [0, 0.05) is 40.7 Å². The van der Waals surface area contributed by atoms with Gasteiger partial charge in [0.1, 0.15) is 17.8 Å². The molecule has 0 saturated carbocycles. The maximum absolute atomic E-state index is 13.0. The number of hydrogen-bond donors (Lipinski definition) is 0. The molecule has 1 aliphatic heterocycles. The van der Waals surface area contributed by atoms with Crippen LogP contribution in [-0.2, 0) is 9.59 Å². The van der Waals surface area contributed by atoms with E-state index >= 15 is 0 Å². The lowest BCUT2D eigenvalue weighted by Crippen LogP contribution is -2.42. The Morgan fingerprint density at radius 3 is 2.77 bits per heavy atom. The molecule has 2 heterocycles. The molecule has 0 unspecified atom stereocenters. The van der Waals surface area contributed by atoms with Gasteiger partial charge in [-0.2, -0.15) is 5.26 Å². The van der Waals surface area contributed by atoms with Crippen molar-refractivity contribution in [3.8, 4) is 17.2 Å². The zero-order valence-corrected chi connectivity index (χ0v) is 17.3. The molecule has 2 aromatic carbocycles. The first-order valence-electron chi connectivity index (χ1n) is 9.98. The third-order valence-electron chi connectivity index (χ3n) is 5.61. The van der Waals surface area contributed by atoms with Crippen LogP contribution in [0.15, 0.2) is 57.7 Å². The van der Waals surface area contributed by atoms with Gasteiger partial charge in [0.05, 0.1) is 12.0 Å². The maximum atomic E-state index is 13.0. The Balaban J connectivity index is 1.74. The van der Waals surface area contributed by atoms with Crippen LogP contribution in [0.1, 0.15) is 24.3 Å². The van der Waals surface area contributed by atoms with Crippen LogP contribution in [0.4, 0.5) is 0 Å². The van der Waals surface area contributed by atoms with Gasteiger partial charge in [0.2, 0.25) is 5.91 Å². The van der Waals surface area contributed by atoms with Crippen LogP contribution in [0.25, 0.3) is 22.1 Å². The van der Waals surface area contributed by atoms with E-state index in [1.165, 1.54) is 6.07 Å². The first kappa shape index (κ1) is 20.8. The number of hydrogen-bond acceptors (Lipinski definition) is 5. The summed E-state index contributed by atoms with van der Waals surface area (Å²) in [6, 6.07) is 15.7. The number of nitriles is 1. The molecule has 6 nitrogen and oxygen atoms in total. The number of piperidine rings is 1. The summed E-state index contributed by atoms with van der Waals surface area (Å²) in [5.41, 5.74) is 1.46. The lowest BCUT2D eigenvalue weighted by atomic mass is 9.93. The minimum absolute atomic E-state index is 0.224. The number of benzene rings is 2. The summed E-state index contributed by atoms with van der Waals surface area (Å²) in [6.07, 6.45) is 2.07. The highest BCUT2D eigenvalue weighted by molar-refractivity contribution is 6.33. The van der Waals surface area contributed by atoms with Gasteiger partial charge in [0.15, 0.2) is 0 Å². The van der Waals surface area contributed by atoms with Gasteiger partial charge >= 0.3 is 5.63 Å². The summed E-state index contributed by atoms with van der Waals surface area (Å²) < 4.78 is 5.38. The fourth-order valence-electron chi connectivity index (χ4n) is 4.03. The van der Waals surface area contributed by atoms with Crippen LogP contribution in [-0.4, -0.2) is 30.2 Å². The van der Waals surface area contributed by atoms with E-state index in [9.17, 15) is 19.6 Å². The van der Waals surface area contributed by atoms with Gasteiger partial charge in [-0.05, 0) is 30.5 Å². The minimum Gasteiger partial charge on any atom is -0.423 e. The number of rotatable bonds is 4. The number of carbonyl (C=O) groups is 2. The second-order valence-corrected chi connectivity index (χ2v) is 7.99. The minimum atomic E-state index is -1.03. The summed E-state index contributed by atoms with van der Waals surface area (Å²) in [5.74, 6) is -1.60. The van der Waals surface area contributed by atoms with Gasteiger partial charge < -0.3 is 14.1 Å².